The van der Waals surface area contributed by atoms with Crippen molar-refractivity contribution in [2.24, 2.45) is 0 Å². The van der Waals surface area contributed by atoms with Crippen molar-refractivity contribution in [1.82, 2.24) is 4.98 Å². The van der Waals surface area contributed by atoms with Crippen molar-refractivity contribution >= 4 is 17.5 Å². The number of carbonyl (C=O) groups is 1. The summed E-state index contributed by atoms with van der Waals surface area (Å²) in [5.41, 5.74) is 7.37. The molecule has 2 rings (SSSR count). The van der Waals surface area contributed by atoms with Crippen molar-refractivity contribution in [3.05, 3.63) is 53.7 Å². The van der Waals surface area contributed by atoms with Gasteiger partial charge in [0.2, 0.25) is 0 Å². The zero-order valence-corrected chi connectivity index (χ0v) is 11.3. The Morgan fingerprint density at radius 2 is 2.00 bits per heavy atom. The molecule has 2 aromatic rings. The summed E-state index contributed by atoms with van der Waals surface area (Å²) in [4.78, 5) is 17.1. The summed E-state index contributed by atoms with van der Waals surface area (Å²) >= 11 is 0. The Morgan fingerprint density at radius 3 is 2.65 bits per heavy atom. The minimum atomic E-state index is -1.04. The van der Waals surface area contributed by atoms with E-state index in [0.29, 0.717) is 12.4 Å². The molecule has 0 saturated heterocycles. The van der Waals surface area contributed by atoms with Crippen molar-refractivity contribution in [1.29, 1.82) is 0 Å². The summed E-state index contributed by atoms with van der Waals surface area (Å²) in [6.07, 6.45) is 2.31. The molecule has 0 aliphatic rings. The van der Waals surface area contributed by atoms with E-state index in [1.54, 1.807) is 0 Å². The van der Waals surface area contributed by atoms with Gasteiger partial charge in [-0.05, 0) is 18.1 Å². The molecule has 0 amide bonds. The van der Waals surface area contributed by atoms with Crippen molar-refractivity contribution in [2.75, 3.05) is 24.2 Å². The normalized spacial score (nSPS) is 10.2. The van der Waals surface area contributed by atoms with Gasteiger partial charge in [0.1, 0.15) is 0 Å². The highest BCUT2D eigenvalue weighted by atomic mass is 16.4. The third kappa shape index (κ3) is 3.06. The molecule has 0 saturated carbocycles. The van der Waals surface area contributed by atoms with Crippen LogP contribution in [0.15, 0.2) is 42.6 Å². The third-order valence-corrected chi connectivity index (χ3v) is 3.14. The van der Waals surface area contributed by atoms with Crippen LogP contribution in [0, 0.1) is 0 Å². The van der Waals surface area contributed by atoms with E-state index in [4.69, 9.17) is 10.8 Å². The van der Waals surface area contributed by atoms with E-state index in [2.05, 4.69) is 17.1 Å². The van der Waals surface area contributed by atoms with E-state index in [-0.39, 0.29) is 11.3 Å². The molecule has 0 bridgehead atoms. The van der Waals surface area contributed by atoms with Gasteiger partial charge in [-0.2, -0.15) is 0 Å². The molecule has 1 heterocycles. The van der Waals surface area contributed by atoms with Crippen LogP contribution in [0.1, 0.15) is 15.9 Å². The number of nitrogens with two attached hydrogens (primary N) is 1. The Labute approximate surface area is 117 Å². The molecule has 5 heteroatoms. The number of hydrogen-bond acceptors (Lipinski definition) is 4. The van der Waals surface area contributed by atoms with Crippen LogP contribution >= 0.6 is 0 Å². The summed E-state index contributed by atoms with van der Waals surface area (Å²) in [5, 5.41) is 9.05. The van der Waals surface area contributed by atoms with Gasteiger partial charge in [0.15, 0.2) is 5.82 Å². The van der Waals surface area contributed by atoms with Gasteiger partial charge in [-0.25, -0.2) is 9.78 Å². The summed E-state index contributed by atoms with van der Waals surface area (Å²) in [6, 6.07) is 11.5. The molecule has 0 radical (unpaired) electrons. The first-order chi connectivity index (χ1) is 9.59. The maximum Gasteiger partial charge on any atom is 0.337 e. The summed E-state index contributed by atoms with van der Waals surface area (Å²) in [5.74, 6) is -0.538. The molecule has 1 aromatic heterocycles. The number of aromatic carboxylic acids is 1. The molecule has 0 spiro atoms. The van der Waals surface area contributed by atoms with Crippen molar-refractivity contribution in [2.45, 2.75) is 6.42 Å². The fraction of sp³-hybridized carbons (Fsp3) is 0.200. The topological polar surface area (TPSA) is 79.5 Å². The number of likely N-dealkylation sites (N-methyl/N-ethyl adjacent to an activating group) is 1. The molecule has 0 unspecified atom stereocenters. The standard InChI is InChI=1S/C15H17N3O2/c1-18(10-8-11-5-3-2-4-6-11)14-13(16)12(15(19)20)7-9-17-14/h2-7,9H,8,10,16H2,1H3,(H,19,20). The zero-order chi connectivity index (χ0) is 14.5. The lowest BCUT2D eigenvalue weighted by atomic mass is 10.1. The third-order valence-electron chi connectivity index (χ3n) is 3.14. The van der Waals surface area contributed by atoms with Gasteiger partial charge in [-0.1, -0.05) is 30.3 Å². The Hall–Kier alpha value is -2.56. The number of carboxylic acid groups (broad SMARTS) is 1. The van der Waals surface area contributed by atoms with Gasteiger partial charge >= 0.3 is 5.97 Å². The summed E-state index contributed by atoms with van der Waals surface area (Å²) < 4.78 is 0. The molecule has 0 aliphatic carbocycles. The molecular weight excluding hydrogens is 254 g/mol. The quantitative estimate of drug-likeness (QED) is 0.870. The van der Waals surface area contributed by atoms with Gasteiger partial charge in [-0.15, -0.1) is 0 Å². The number of nitrogen functional groups attached to an aromatic ring is 1. The first-order valence-corrected chi connectivity index (χ1v) is 6.32. The minimum Gasteiger partial charge on any atom is -0.478 e. The van der Waals surface area contributed by atoms with E-state index < -0.39 is 5.97 Å². The van der Waals surface area contributed by atoms with Crippen molar-refractivity contribution in [3.8, 4) is 0 Å². The Morgan fingerprint density at radius 1 is 1.30 bits per heavy atom. The Kier molecular flexibility index (Phi) is 4.20. The number of rotatable bonds is 5. The van der Waals surface area contributed by atoms with Crippen LogP contribution in [0.25, 0.3) is 0 Å². The zero-order valence-electron chi connectivity index (χ0n) is 11.3. The van der Waals surface area contributed by atoms with Crippen LogP contribution in [0.5, 0.6) is 0 Å². The highest BCUT2D eigenvalue weighted by molar-refractivity contribution is 5.96. The second-order valence-corrected chi connectivity index (χ2v) is 4.56. The monoisotopic (exact) mass is 271 g/mol. The van der Waals surface area contributed by atoms with E-state index in [0.717, 1.165) is 6.42 Å². The van der Waals surface area contributed by atoms with E-state index >= 15 is 0 Å². The van der Waals surface area contributed by atoms with Gasteiger partial charge in [0, 0.05) is 19.8 Å². The largest absolute Gasteiger partial charge is 0.478 e. The number of carboxylic acids is 1. The van der Waals surface area contributed by atoms with Crippen LogP contribution in [0.2, 0.25) is 0 Å². The highest BCUT2D eigenvalue weighted by Gasteiger charge is 2.14. The smallest absolute Gasteiger partial charge is 0.337 e. The second kappa shape index (κ2) is 6.06. The lowest BCUT2D eigenvalue weighted by molar-refractivity contribution is 0.0698. The molecule has 3 N–H and O–H groups in total. The second-order valence-electron chi connectivity index (χ2n) is 4.56. The van der Waals surface area contributed by atoms with Crippen LogP contribution in [0.3, 0.4) is 0 Å². The van der Waals surface area contributed by atoms with Crippen molar-refractivity contribution < 1.29 is 9.90 Å². The SMILES string of the molecule is CN(CCc1ccccc1)c1nccc(C(=O)O)c1N. The predicted octanol–water partition coefficient (Wildman–Crippen LogP) is 2.04. The average molecular weight is 271 g/mol. The first-order valence-electron chi connectivity index (χ1n) is 6.32. The Bertz CT molecular complexity index is 599. The fourth-order valence-electron chi connectivity index (χ4n) is 2.00. The van der Waals surface area contributed by atoms with Gasteiger partial charge < -0.3 is 15.7 Å². The number of pyridine rings is 1. The molecular formula is C15H17N3O2. The molecule has 104 valence electrons. The number of anilines is 2. The van der Waals surface area contributed by atoms with E-state index in [1.165, 1.54) is 17.8 Å². The average Bonchev–Trinajstić information content (AvgIpc) is 2.46. The Balaban J connectivity index is 2.11. The molecule has 0 atom stereocenters. The number of hydrogen-bond donors (Lipinski definition) is 2. The van der Waals surface area contributed by atoms with E-state index in [9.17, 15) is 4.79 Å². The van der Waals surface area contributed by atoms with Gasteiger partial charge in [0.25, 0.3) is 0 Å². The minimum absolute atomic E-state index is 0.0848. The molecule has 1 aromatic carbocycles. The summed E-state index contributed by atoms with van der Waals surface area (Å²) in [6.45, 7) is 0.713. The lowest BCUT2D eigenvalue weighted by Gasteiger charge is -2.20. The molecule has 0 fully saturated rings. The van der Waals surface area contributed by atoms with E-state index in [1.807, 2.05) is 30.1 Å². The lowest BCUT2D eigenvalue weighted by Crippen LogP contribution is -2.23. The first kappa shape index (κ1) is 13.9. The molecule has 0 aliphatic heterocycles. The maximum atomic E-state index is 11.0. The number of benzene rings is 1. The highest BCUT2D eigenvalue weighted by Crippen LogP contribution is 2.23. The molecule has 20 heavy (non-hydrogen) atoms. The number of nitrogens with zero attached hydrogens (tertiary/aromatic N) is 2. The van der Waals surface area contributed by atoms with Crippen molar-refractivity contribution in [3.63, 3.8) is 0 Å². The fourth-order valence-corrected chi connectivity index (χ4v) is 2.00. The van der Waals surface area contributed by atoms with Gasteiger partial charge in [-0.3, -0.25) is 0 Å². The van der Waals surface area contributed by atoms with Crippen LogP contribution in [0.4, 0.5) is 11.5 Å². The van der Waals surface area contributed by atoms with Crippen LogP contribution in [-0.2, 0) is 6.42 Å². The predicted molar refractivity (Wildman–Crippen MR) is 79.0 cm³/mol. The summed E-state index contributed by atoms with van der Waals surface area (Å²) in [7, 11) is 1.85. The molecule has 5 nitrogen and oxygen atoms in total. The van der Waals surface area contributed by atoms with Crippen LogP contribution < -0.4 is 10.6 Å². The van der Waals surface area contributed by atoms with Crippen LogP contribution in [-0.4, -0.2) is 29.7 Å². The van der Waals surface area contributed by atoms with Gasteiger partial charge in [0.05, 0.1) is 11.3 Å². The maximum absolute atomic E-state index is 11.0. The number of aromatic nitrogens is 1.